The summed E-state index contributed by atoms with van der Waals surface area (Å²) in [6, 6.07) is 2.91. The summed E-state index contributed by atoms with van der Waals surface area (Å²) in [6.45, 7) is 0.578. The Balaban J connectivity index is 2.24. The first-order valence-corrected chi connectivity index (χ1v) is 6.53. The average molecular weight is 282 g/mol. The molecule has 2 heterocycles. The number of amides is 2. The number of nitrogens with zero attached hydrogens (tertiary/aromatic N) is 3. The Bertz CT molecular complexity index is 504. The monoisotopic (exact) mass is 281 g/mol. The fourth-order valence-corrected chi connectivity index (χ4v) is 2.47. The summed E-state index contributed by atoms with van der Waals surface area (Å²) < 4.78 is 0. The summed E-state index contributed by atoms with van der Waals surface area (Å²) in [5.74, 6) is -0.276. The van der Waals surface area contributed by atoms with Gasteiger partial charge in [-0.25, -0.2) is 4.98 Å². The van der Waals surface area contributed by atoms with E-state index >= 15 is 0 Å². The van der Waals surface area contributed by atoms with Crippen LogP contribution in [0, 0.1) is 0 Å². The molecule has 2 rings (SSSR count). The highest BCUT2D eigenvalue weighted by atomic mass is 35.5. The Morgan fingerprint density at radius 1 is 1.47 bits per heavy atom. The topological polar surface area (TPSA) is 53.5 Å². The van der Waals surface area contributed by atoms with E-state index in [1.165, 1.54) is 11.1 Å². The molecule has 1 fully saturated rings. The van der Waals surface area contributed by atoms with Crippen LogP contribution >= 0.6 is 11.6 Å². The molecular formula is C13H16ClN3O2. The zero-order valence-electron chi connectivity index (χ0n) is 11.0. The molecule has 19 heavy (non-hydrogen) atoms. The van der Waals surface area contributed by atoms with Crippen LogP contribution in [0.3, 0.4) is 0 Å². The molecule has 1 aromatic rings. The molecule has 1 saturated heterocycles. The van der Waals surface area contributed by atoms with Gasteiger partial charge in [0.15, 0.2) is 0 Å². The van der Waals surface area contributed by atoms with Gasteiger partial charge < -0.3 is 9.80 Å². The first kappa shape index (κ1) is 13.8. The van der Waals surface area contributed by atoms with Gasteiger partial charge in [0.2, 0.25) is 5.91 Å². The molecule has 0 aliphatic carbocycles. The van der Waals surface area contributed by atoms with Gasteiger partial charge in [-0.05, 0) is 25.0 Å². The van der Waals surface area contributed by atoms with Crippen molar-refractivity contribution in [2.45, 2.75) is 18.9 Å². The molecule has 0 N–H and O–H groups in total. The number of aromatic nitrogens is 1. The minimum absolute atomic E-state index is 0.0501. The van der Waals surface area contributed by atoms with Gasteiger partial charge in [-0.2, -0.15) is 0 Å². The Morgan fingerprint density at radius 3 is 2.84 bits per heavy atom. The lowest BCUT2D eigenvalue weighted by molar-refractivity contribution is -0.132. The smallest absolute Gasteiger partial charge is 0.257 e. The number of likely N-dealkylation sites (N-methyl/N-ethyl adjacent to an activating group) is 1. The fraction of sp³-hybridized carbons (Fsp3) is 0.462. The number of halogens is 1. The van der Waals surface area contributed by atoms with Crippen LogP contribution in [0.15, 0.2) is 18.3 Å². The van der Waals surface area contributed by atoms with Crippen LogP contribution in [0.2, 0.25) is 5.15 Å². The van der Waals surface area contributed by atoms with E-state index in [-0.39, 0.29) is 17.0 Å². The summed E-state index contributed by atoms with van der Waals surface area (Å²) in [6.07, 6.45) is 3.06. The number of likely N-dealkylation sites (tertiary alicyclic amines) is 1. The minimum Gasteiger partial charge on any atom is -0.347 e. The van der Waals surface area contributed by atoms with Gasteiger partial charge in [-0.3, -0.25) is 9.59 Å². The van der Waals surface area contributed by atoms with Crippen molar-refractivity contribution in [2.75, 3.05) is 20.6 Å². The molecular weight excluding hydrogens is 266 g/mol. The van der Waals surface area contributed by atoms with Crippen LogP contribution in [0.25, 0.3) is 0 Å². The summed E-state index contributed by atoms with van der Waals surface area (Å²) in [5, 5.41) is 0.176. The highest BCUT2D eigenvalue weighted by Gasteiger charge is 2.35. The van der Waals surface area contributed by atoms with E-state index in [9.17, 15) is 9.59 Å². The maximum atomic E-state index is 12.4. The van der Waals surface area contributed by atoms with Gasteiger partial charge in [0.25, 0.3) is 5.91 Å². The molecule has 0 spiro atoms. The number of hydrogen-bond acceptors (Lipinski definition) is 3. The maximum absolute atomic E-state index is 12.4. The quantitative estimate of drug-likeness (QED) is 0.771. The van der Waals surface area contributed by atoms with E-state index in [0.29, 0.717) is 18.5 Å². The Kier molecular flexibility index (Phi) is 4.04. The maximum Gasteiger partial charge on any atom is 0.257 e. The van der Waals surface area contributed by atoms with Gasteiger partial charge in [-0.1, -0.05) is 11.6 Å². The fourth-order valence-electron chi connectivity index (χ4n) is 2.26. The van der Waals surface area contributed by atoms with E-state index in [2.05, 4.69) is 4.98 Å². The Morgan fingerprint density at radius 2 is 2.21 bits per heavy atom. The molecule has 102 valence electrons. The van der Waals surface area contributed by atoms with E-state index in [4.69, 9.17) is 11.6 Å². The number of carbonyl (C=O) groups excluding carboxylic acids is 2. The van der Waals surface area contributed by atoms with Crippen molar-refractivity contribution in [2.24, 2.45) is 0 Å². The van der Waals surface area contributed by atoms with Crippen LogP contribution in [-0.4, -0.2) is 53.3 Å². The second kappa shape index (κ2) is 5.57. The lowest BCUT2D eigenvalue weighted by Gasteiger charge is -2.26. The lowest BCUT2D eigenvalue weighted by Crippen LogP contribution is -2.45. The van der Waals surface area contributed by atoms with E-state index < -0.39 is 6.04 Å². The second-order valence-corrected chi connectivity index (χ2v) is 5.09. The molecule has 0 saturated carbocycles. The molecule has 6 heteroatoms. The number of pyridine rings is 1. The average Bonchev–Trinajstić information content (AvgIpc) is 2.86. The van der Waals surface area contributed by atoms with Crippen molar-refractivity contribution in [3.05, 3.63) is 29.0 Å². The molecule has 0 aromatic carbocycles. The van der Waals surface area contributed by atoms with Crippen LogP contribution in [0.1, 0.15) is 23.2 Å². The van der Waals surface area contributed by atoms with E-state index in [1.807, 2.05) is 0 Å². The summed E-state index contributed by atoms with van der Waals surface area (Å²) in [5.41, 5.74) is 0.350. The summed E-state index contributed by atoms with van der Waals surface area (Å²) in [7, 11) is 3.39. The van der Waals surface area contributed by atoms with Crippen LogP contribution in [0.4, 0.5) is 0 Å². The molecule has 1 atom stereocenters. The van der Waals surface area contributed by atoms with E-state index in [0.717, 1.165) is 6.42 Å². The third kappa shape index (κ3) is 2.71. The minimum atomic E-state index is -0.390. The predicted octanol–water partition coefficient (Wildman–Crippen LogP) is 1.43. The van der Waals surface area contributed by atoms with Gasteiger partial charge in [0.05, 0.1) is 5.56 Å². The Hall–Kier alpha value is -1.62. The first-order valence-electron chi connectivity index (χ1n) is 6.15. The zero-order chi connectivity index (χ0) is 14.0. The first-order chi connectivity index (χ1) is 9.02. The van der Waals surface area contributed by atoms with Gasteiger partial charge in [0.1, 0.15) is 11.2 Å². The molecule has 0 radical (unpaired) electrons. The lowest BCUT2D eigenvalue weighted by atomic mass is 10.1. The van der Waals surface area contributed by atoms with Gasteiger partial charge >= 0.3 is 0 Å². The number of rotatable bonds is 2. The Labute approximate surface area is 117 Å². The van der Waals surface area contributed by atoms with Crippen molar-refractivity contribution < 1.29 is 9.59 Å². The third-order valence-corrected chi connectivity index (χ3v) is 3.53. The van der Waals surface area contributed by atoms with Crippen LogP contribution in [-0.2, 0) is 4.79 Å². The van der Waals surface area contributed by atoms with Crippen LogP contribution < -0.4 is 0 Å². The molecule has 1 aliphatic rings. The molecule has 2 amide bonds. The van der Waals surface area contributed by atoms with Gasteiger partial charge in [0, 0.05) is 26.8 Å². The molecule has 5 nitrogen and oxygen atoms in total. The largest absolute Gasteiger partial charge is 0.347 e. The standard InChI is InChI=1S/C13H16ClN3O2/c1-16(2)13(19)10-6-4-8-17(10)12(18)9-5-3-7-15-11(9)14/h3,5,7,10H,4,6,8H2,1-2H3. The van der Waals surface area contributed by atoms with Crippen molar-refractivity contribution in [1.82, 2.24) is 14.8 Å². The normalized spacial score (nSPS) is 18.5. The summed E-state index contributed by atoms with van der Waals surface area (Å²) >= 11 is 5.93. The molecule has 1 aromatic heterocycles. The van der Waals surface area contributed by atoms with Crippen molar-refractivity contribution in [3.8, 4) is 0 Å². The highest BCUT2D eigenvalue weighted by molar-refractivity contribution is 6.32. The van der Waals surface area contributed by atoms with Crippen molar-refractivity contribution >= 4 is 23.4 Å². The predicted molar refractivity (Wildman–Crippen MR) is 72.0 cm³/mol. The van der Waals surface area contributed by atoms with Crippen molar-refractivity contribution in [3.63, 3.8) is 0 Å². The molecule has 0 bridgehead atoms. The SMILES string of the molecule is CN(C)C(=O)C1CCCN1C(=O)c1cccnc1Cl. The van der Waals surface area contributed by atoms with Crippen LogP contribution in [0.5, 0.6) is 0 Å². The summed E-state index contributed by atoms with van der Waals surface area (Å²) in [4.78, 5) is 31.5. The highest BCUT2D eigenvalue weighted by Crippen LogP contribution is 2.23. The zero-order valence-corrected chi connectivity index (χ0v) is 11.7. The third-order valence-electron chi connectivity index (χ3n) is 3.23. The number of carbonyl (C=O) groups is 2. The number of hydrogen-bond donors (Lipinski definition) is 0. The molecule has 1 aliphatic heterocycles. The van der Waals surface area contributed by atoms with Gasteiger partial charge in [-0.15, -0.1) is 0 Å². The molecule has 1 unspecified atom stereocenters. The van der Waals surface area contributed by atoms with Crippen molar-refractivity contribution in [1.29, 1.82) is 0 Å². The second-order valence-electron chi connectivity index (χ2n) is 4.73. The van der Waals surface area contributed by atoms with E-state index in [1.54, 1.807) is 31.1 Å².